The van der Waals surface area contributed by atoms with Crippen molar-refractivity contribution in [3.05, 3.63) is 70.4 Å². The van der Waals surface area contributed by atoms with E-state index in [1.165, 1.54) is 25.9 Å². The van der Waals surface area contributed by atoms with E-state index in [0.717, 1.165) is 29.7 Å². The average molecular weight is 417 g/mol. The van der Waals surface area contributed by atoms with Crippen molar-refractivity contribution >= 4 is 17.3 Å². The molecule has 6 heteroatoms. The number of hydrogen-bond donors (Lipinski definition) is 4. The molecule has 1 saturated heterocycles. The van der Waals surface area contributed by atoms with E-state index in [4.69, 9.17) is 11.6 Å². The fourth-order valence-electron chi connectivity index (χ4n) is 2.98. The highest BCUT2D eigenvalue weighted by Crippen LogP contribution is 2.26. The first-order valence-electron chi connectivity index (χ1n) is 10.4. The lowest BCUT2D eigenvalue weighted by atomic mass is 9.98. The highest BCUT2D eigenvalue weighted by molar-refractivity contribution is 6.38. The molecule has 3 rings (SSSR count). The van der Waals surface area contributed by atoms with Crippen molar-refractivity contribution in [1.29, 1.82) is 0 Å². The second-order valence-corrected chi connectivity index (χ2v) is 7.39. The molecule has 158 valence electrons. The average Bonchev–Trinajstić information content (AvgIpc) is 3.31. The second-order valence-electron chi connectivity index (χ2n) is 6.98. The number of dihydropyridines is 1. The predicted octanol–water partition coefficient (Wildman–Crippen LogP) is 4.60. The topological polar surface area (TPSA) is 68.7 Å². The Morgan fingerprint density at radius 3 is 2.69 bits per heavy atom. The summed E-state index contributed by atoms with van der Waals surface area (Å²) in [5, 5.41) is 20.0. The number of aliphatic hydroxyl groups is 1. The van der Waals surface area contributed by atoms with Crippen LogP contribution in [0.5, 0.6) is 0 Å². The SMILES string of the molecule is C1CCNC1.C\C=C/N=C1\C=C(CNC2=CNCC=C2O)C=C(Cl)\C1=C/CCC. The van der Waals surface area contributed by atoms with Crippen LogP contribution in [0, 0.1) is 0 Å². The molecule has 5 nitrogen and oxygen atoms in total. The van der Waals surface area contributed by atoms with Gasteiger partial charge in [-0.2, -0.15) is 0 Å². The number of nitrogens with zero attached hydrogens (tertiary/aromatic N) is 1. The zero-order valence-electron chi connectivity index (χ0n) is 17.5. The Labute approximate surface area is 179 Å². The highest BCUT2D eigenvalue weighted by atomic mass is 35.5. The van der Waals surface area contributed by atoms with E-state index in [1.807, 2.05) is 25.2 Å². The van der Waals surface area contributed by atoms with Gasteiger partial charge in [-0.05, 0) is 63.1 Å². The van der Waals surface area contributed by atoms with Crippen molar-refractivity contribution < 1.29 is 5.11 Å². The fourth-order valence-corrected chi connectivity index (χ4v) is 3.29. The first-order chi connectivity index (χ1) is 14.2. The first kappa shape index (κ1) is 23.0. The molecular formula is C23H33ClN4O. The summed E-state index contributed by atoms with van der Waals surface area (Å²) < 4.78 is 0. The maximum atomic E-state index is 9.85. The third-order valence-corrected chi connectivity index (χ3v) is 4.86. The molecule has 0 bridgehead atoms. The number of unbranched alkanes of at least 4 members (excludes halogenated alkanes) is 1. The van der Waals surface area contributed by atoms with Crippen LogP contribution >= 0.6 is 11.6 Å². The Kier molecular flexibility index (Phi) is 10.4. The summed E-state index contributed by atoms with van der Waals surface area (Å²) in [6.45, 7) is 7.76. The van der Waals surface area contributed by atoms with Crippen molar-refractivity contribution in [3.63, 3.8) is 0 Å². The van der Waals surface area contributed by atoms with E-state index in [0.29, 0.717) is 23.8 Å². The summed E-state index contributed by atoms with van der Waals surface area (Å²) in [4.78, 5) is 4.50. The van der Waals surface area contributed by atoms with E-state index in [9.17, 15) is 5.11 Å². The molecule has 0 aromatic heterocycles. The van der Waals surface area contributed by atoms with Crippen LogP contribution in [0.15, 0.2) is 75.4 Å². The van der Waals surface area contributed by atoms with Crippen LogP contribution in [0.4, 0.5) is 0 Å². The molecular weight excluding hydrogens is 384 g/mol. The summed E-state index contributed by atoms with van der Waals surface area (Å²) in [7, 11) is 0. The number of halogens is 1. The lowest BCUT2D eigenvalue weighted by Gasteiger charge is -2.18. The van der Waals surface area contributed by atoms with Gasteiger partial charge >= 0.3 is 0 Å². The minimum atomic E-state index is 0.256. The zero-order chi connectivity index (χ0) is 20.9. The van der Waals surface area contributed by atoms with Gasteiger partial charge in [-0.1, -0.05) is 37.1 Å². The van der Waals surface area contributed by atoms with Crippen molar-refractivity contribution in [2.24, 2.45) is 4.99 Å². The molecule has 0 aromatic rings. The molecule has 4 N–H and O–H groups in total. The Morgan fingerprint density at radius 2 is 2.07 bits per heavy atom. The molecule has 0 unspecified atom stereocenters. The van der Waals surface area contributed by atoms with Gasteiger partial charge in [0.15, 0.2) is 0 Å². The molecule has 2 aliphatic heterocycles. The van der Waals surface area contributed by atoms with Gasteiger partial charge in [0.25, 0.3) is 0 Å². The monoisotopic (exact) mass is 416 g/mol. The van der Waals surface area contributed by atoms with Gasteiger partial charge in [-0.15, -0.1) is 0 Å². The largest absolute Gasteiger partial charge is 0.506 e. The lowest BCUT2D eigenvalue weighted by Crippen LogP contribution is -2.25. The molecule has 3 aliphatic rings. The maximum Gasteiger partial charge on any atom is 0.137 e. The molecule has 0 saturated carbocycles. The van der Waals surface area contributed by atoms with Crippen LogP contribution in [-0.2, 0) is 0 Å². The van der Waals surface area contributed by atoms with Gasteiger partial charge in [0, 0.05) is 36.1 Å². The van der Waals surface area contributed by atoms with Crippen LogP contribution in [0.1, 0.15) is 39.5 Å². The van der Waals surface area contributed by atoms with Crippen molar-refractivity contribution in [2.45, 2.75) is 39.5 Å². The van der Waals surface area contributed by atoms with E-state index in [-0.39, 0.29) is 5.76 Å². The molecule has 1 aliphatic carbocycles. The molecule has 0 amide bonds. The molecule has 0 radical (unpaired) electrons. The van der Waals surface area contributed by atoms with Gasteiger partial charge in [0.1, 0.15) is 5.76 Å². The molecule has 0 spiro atoms. The van der Waals surface area contributed by atoms with Crippen LogP contribution in [0.3, 0.4) is 0 Å². The predicted molar refractivity (Wildman–Crippen MR) is 124 cm³/mol. The molecule has 0 aromatic carbocycles. The summed E-state index contributed by atoms with van der Waals surface area (Å²) >= 11 is 6.47. The maximum absolute atomic E-state index is 9.85. The minimum absolute atomic E-state index is 0.256. The number of hydrogen-bond acceptors (Lipinski definition) is 5. The third kappa shape index (κ3) is 7.95. The third-order valence-electron chi connectivity index (χ3n) is 4.54. The van der Waals surface area contributed by atoms with E-state index < -0.39 is 0 Å². The summed E-state index contributed by atoms with van der Waals surface area (Å²) in [6.07, 6.45) is 18.1. The first-order valence-corrected chi connectivity index (χ1v) is 10.8. The number of rotatable bonds is 6. The Bertz CT molecular complexity index is 745. The van der Waals surface area contributed by atoms with Crippen molar-refractivity contribution in [3.8, 4) is 0 Å². The Hall–Kier alpha value is -2.24. The van der Waals surface area contributed by atoms with Gasteiger partial charge in [-0.3, -0.25) is 4.99 Å². The van der Waals surface area contributed by atoms with E-state index >= 15 is 0 Å². The zero-order valence-corrected chi connectivity index (χ0v) is 18.2. The minimum Gasteiger partial charge on any atom is -0.506 e. The number of allylic oxidation sites excluding steroid dienone is 5. The fraction of sp³-hybridized carbons (Fsp3) is 0.435. The Morgan fingerprint density at radius 1 is 1.28 bits per heavy atom. The molecule has 1 fully saturated rings. The molecule has 0 atom stereocenters. The lowest BCUT2D eigenvalue weighted by molar-refractivity contribution is 0.408. The van der Waals surface area contributed by atoms with E-state index in [2.05, 4.69) is 33.9 Å². The van der Waals surface area contributed by atoms with Gasteiger partial charge < -0.3 is 21.1 Å². The summed E-state index contributed by atoms with van der Waals surface area (Å²) in [5.74, 6) is 0.256. The van der Waals surface area contributed by atoms with Crippen LogP contribution < -0.4 is 16.0 Å². The van der Waals surface area contributed by atoms with Crippen molar-refractivity contribution in [1.82, 2.24) is 16.0 Å². The second kappa shape index (κ2) is 13.1. The standard InChI is InChI=1S/C19H24ClN3O.C4H9N/c1-3-5-6-15-16(20)10-14(11-17(15)22-8-4-2)12-23-18-13-21-9-7-19(18)24;1-2-4-5-3-1/h4,6-8,10-11,13,21,23-24H,3,5,9,12H2,1-2H3;5H,1-4H2/b8-4-,15-6+,22-17+;. The number of aliphatic imine (C=N–C) groups is 1. The Balaban J connectivity index is 0.000000521. The quantitative estimate of drug-likeness (QED) is 0.511. The van der Waals surface area contributed by atoms with E-state index in [1.54, 1.807) is 18.5 Å². The van der Waals surface area contributed by atoms with Gasteiger partial charge in [0.05, 0.1) is 11.4 Å². The summed E-state index contributed by atoms with van der Waals surface area (Å²) in [6, 6.07) is 0. The van der Waals surface area contributed by atoms with Crippen molar-refractivity contribution in [2.75, 3.05) is 26.2 Å². The highest BCUT2D eigenvalue weighted by Gasteiger charge is 2.16. The smallest absolute Gasteiger partial charge is 0.137 e. The van der Waals surface area contributed by atoms with Gasteiger partial charge in [-0.25, -0.2) is 0 Å². The van der Waals surface area contributed by atoms with Crippen LogP contribution in [-0.4, -0.2) is 37.0 Å². The number of aliphatic hydroxyl groups excluding tert-OH is 1. The molecule has 29 heavy (non-hydrogen) atoms. The molecule has 2 heterocycles. The van der Waals surface area contributed by atoms with Crippen LogP contribution in [0.2, 0.25) is 0 Å². The van der Waals surface area contributed by atoms with Gasteiger partial charge in [0.2, 0.25) is 0 Å². The van der Waals surface area contributed by atoms with Crippen LogP contribution in [0.25, 0.3) is 0 Å². The normalized spacial score (nSPS) is 21.8. The summed E-state index contributed by atoms with van der Waals surface area (Å²) in [5.41, 5.74) is 3.52. The number of nitrogens with one attached hydrogen (secondary N) is 3.